The lowest BCUT2D eigenvalue weighted by molar-refractivity contribution is -0.133. The molecule has 1 heterocycles. The summed E-state index contributed by atoms with van der Waals surface area (Å²) in [6, 6.07) is 11.2. The Labute approximate surface area is 190 Å². The number of carbonyl (C=O) groups excluding carboxylic acids is 2. The molecule has 2 aromatic rings. The van der Waals surface area contributed by atoms with Crippen molar-refractivity contribution in [3.63, 3.8) is 0 Å². The first-order valence-electron chi connectivity index (χ1n) is 10.8. The van der Waals surface area contributed by atoms with Crippen LogP contribution in [0.4, 0.5) is 5.69 Å². The smallest absolute Gasteiger partial charge is 0.243 e. The second-order valence-corrected chi connectivity index (χ2v) is 10.3. The van der Waals surface area contributed by atoms with Crippen molar-refractivity contribution in [1.29, 1.82) is 0 Å². The molecule has 172 valence electrons. The van der Waals surface area contributed by atoms with E-state index in [0.29, 0.717) is 23.5 Å². The van der Waals surface area contributed by atoms with Gasteiger partial charge >= 0.3 is 0 Å². The molecule has 0 unspecified atom stereocenters. The summed E-state index contributed by atoms with van der Waals surface area (Å²) in [5.41, 5.74) is 4.45. The highest BCUT2D eigenvalue weighted by molar-refractivity contribution is 7.89. The maximum Gasteiger partial charge on any atom is 0.243 e. The van der Waals surface area contributed by atoms with Gasteiger partial charge in [0, 0.05) is 44.7 Å². The van der Waals surface area contributed by atoms with Gasteiger partial charge in [-0.3, -0.25) is 9.59 Å². The minimum Gasteiger partial charge on any atom is -0.340 e. The number of piperazine rings is 1. The van der Waals surface area contributed by atoms with Crippen LogP contribution in [0.25, 0.3) is 0 Å². The van der Waals surface area contributed by atoms with Crippen molar-refractivity contribution >= 4 is 27.5 Å². The van der Waals surface area contributed by atoms with Crippen LogP contribution in [0.5, 0.6) is 0 Å². The molecule has 2 aromatic carbocycles. The van der Waals surface area contributed by atoms with E-state index in [1.807, 2.05) is 51.1 Å². The summed E-state index contributed by atoms with van der Waals surface area (Å²) in [6.07, 6.45) is 0.188. The molecule has 0 aliphatic carbocycles. The number of hydrogen-bond donors (Lipinski definition) is 1. The highest BCUT2D eigenvalue weighted by Gasteiger charge is 2.31. The van der Waals surface area contributed by atoms with E-state index in [-0.39, 0.29) is 37.7 Å². The topological polar surface area (TPSA) is 86.8 Å². The van der Waals surface area contributed by atoms with Crippen LogP contribution in [-0.2, 0) is 19.6 Å². The van der Waals surface area contributed by atoms with Gasteiger partial charge in [0.15, 0.2) is 0 Å². The molecule has 1 fully saturated rings. The molecule has 8 heteroatoms. The first-order chi connectivity index (χ1) is 15.1. The van der Waals surface area contributed by atoms with Crippen molar-refractivity contribution < 1.29 is 18.0 Å². The second kappa shape index (κ2) is 9.83. The molecule has 1 aliphatic heterocycles. The fourth-order valence-corrected chi connectivity index (χ4v) is 5.58. The lowest BCUT2D eigenvalue weighted by atomic mass is 10.1. The number of amides is 2. The Bertz CT molecular complexity index is 1120. The number of hydrogen-bond acceptors (Lipinski definition) is 4. The molecule has 1 saturated heterocycles. The summed E-state index contributed by atoms with van der Waals surface area (Å²) in [6.45, 7) is 8.71. The molecule has 7 nitrogen and oxygen atoms in total. The van der Waals surface area contributed by atoms with Crippen molar-refractivity contribution in [2.24, 2.45) is 0 Å². The minimum atomic E-state index is -3.60. The first kappa shape index (κ1) is 23.9. The predicted octanol–water partition coefficient (Wildman–Crippen LogP) is 3.17. The normalized spacial score (nSPS) is 14.9. The van der Waals surface area contributed by atoms with Gasteiger partial charge in [-0.15, -0.1) is 0 Å². The number of anilines is 1. The molecule has 3 rings (SSSR count). The van der Waals surface area contributed by atoms with Crippen molar-refractivity contribution in [3.05, 3.63) is 58.7 Å². The summed E-state index contributed by atoms with van der Waals surface area (Å²) in [7, 11) is -3.60. The quantitative estimate of drug-likeness (QED) is 0.722. The third kappa shape index (κ3) is 5.55. The average Bonchev–Trinajstić information content (AvgIpc) is 2.75. The lowest BCUT2D eigenvalue weighted by Gasteiger charge is -2.34. The van der Waals surface area contributed by atoms with Gasteiger partial charge in [-0.1, -0.05) is 29.8 Å². The Morgan fingerprint density at radius 3 is 2.12 bits per heavy atom. The van der Waals surface area contributed by atoms with Gasteiger partial charge in [-0.2, -0.15) is 4.31 Å². The molecule has 2 amide bonds. The fraction of sp³-hybridized carbons (Fsp3) is 0.417. The molecule has 0 atom stereocenters. The van der Waals surface area contributed by atoms with Gasteiger partial charge in [0.05, 0.1) is 4.90 Å². The van der Waals surface area contributed by atoms with Crippen molar-refractivity contribution in [1.82, 2.24) is 9.21 Å². The summed E-state index contributed by atoms with van der Waals surface area (Å²) in [5.74, 6) is -0.342. The molecule has 32 heavy (non-hydrogen) atoms. The zero-order chi connectivity index (χ0) is 23.5. The van der Waals surface area contributed by atoms with Crippen LogP contribution in [0.3, 0.4) is 0 Å². The number of aryl methyl sites for hydroxylation is 4. The zero-order valence-electron chi connectivity index (χ0n) is 19.1. The van der Waals surface area contributed by atoms with Crippen molar-refractivity contribution in [3.8, 4) is 0 Å². The molecule has 0 aromatic heterocycles. The van der Waals surface area contributed by atoms with Gasteiger partial charge in [0.1, 0.15) is 0 Å². The lowest BCUT2D eigenvalue weighted by Crippen LogP contribution is -2.50. The number of sulfonamides is 1. The SMILES string of the molecule is Cc1ccc(NC(=O)CCC(=O)N2CCN(S(=O)(=O)c3cc(C)ccc3C)CC2)c(C)c1. The van der Waals surface area contributed by atoms with Crippen LogP contribution >= 0.6 is 0 Å². The van der Waals surface area contributed by atoms with Crippen LogP contribution in [0.2, 0.25) is 0 Å². The van der Waals surface area contributed by atoms with E-state index in [4.69, 9.17) is 0 Å². The summed E-state index contributed by atoms with van der Waals surface area (Å²) in [4.78, 5) is 26.8. The highest BCUT2D eigenvalue weighted by atomic mass is 32.2. The van der Waals surface area contributed by atoms with Gasteiger partial charge in [-0.05, 0) is 56.5 Å². The van der Waals surface area contributed by atoms with Crippen LogP contribution in [-0.4, -0.2) is 55.6 Å². The summed E-state index contributed by atoms with van der Waals surface area (Å²) >= 11 is 0. The molecule has 0 saturated carbocycles. The molecule has 0 bridgehead atoms. The Hall–Kier alpha value is -2.71. The number of carbonyl (C=O) groups is 2. The predicted molar refractivity (Wildman–Crippen MR) is 125 cm³/mol. The third-order valence-electron chi connectivity index (χ3n) is 5.77. The zero-order valence-corrected chi connectivity index (χ0v) is 20.0. The van der Waals surface area contributed by atoms with Crippen LogP contribution in [0.15, 0.2) is 41.3 Å². The maximum atomic E-state index is 13.0. The van der Waals surface area contributed by atoms with Gasteiger partial charge in [0.25, 0.3) is 0 Å². The van der Waals surface area contributed by atoms with Crippen LogP contribution < -0.4 is 5.32 Å². The highest BCUT2D eigenvalue weighted by Crippen LogP contribution is 2.23. The van der Waals surface area contributed by atoms with Crippen molar-refractivity contribution in [2.75, 3.05) is 31.5 Å². The Kier molecular flexibility index (Phi) is 7.36. The number of nitrogens with zero attached hydrogens (tertiary/aromatic N) is 2. The molecule has 0 radical (unpaired) electrons. The number of nitrogens with one attached hydrogen (secondary N) is 1. The van der Waals surface area contributed by atoms with Gasteiger partial charge in [-0.25, -0.2) is 8.42 Å². The number of benzene rings is 2. The van der Waals surface area contributed by atoms with Crippen molar-refractivity contribution in [2.45, 2.75) is 45.4 Å². The van der Waals surface area contributed by atoms with E-state index < -0.39 is 10.0 Å². The molecule has 0 spiro atoms. The van der Waals surface area contributed by atoms with E-state index in [1.54, 1.807) is 17.9 Å². The Morgan fingerprint density at radius 2 is 1.47 bits per heavy atom. The fourth-order valence-electron chi connectivity index (χ4n) is 3.85. The largest absolute Gasteiger partial charge is 0.340 e. The van der Waals surface area contributed by atoms with E-state index in [0.717, 1.165) is 22.4 Å². The van der Waals surface area contributed by atoms with E-state index in [9.17, 15) is 18.0 Å². The molecule has 1 aliphatic rings. The van der Waals surface area contributed by atoms with Crippen LogP contribution in [0.1, 0.15) is 35.1 Å². The molecular formula is C24H31N3O4S. The van der Waals surface area contributed by atoms with E-state index in [2.05, 4.69) is 5.32 Å². The standard InChI is InChI=1S/C24H31N3O4S/c1-17-6-8-21(20(4)15-17)25-23(28)9-10-24(29)26-11-13-27(14-12-26)32(30,31)22-16-18(2)5-7-19(22)3/h5-8,15-16H,9-14H2,1-4H3,(H,25,28). The van der Waals surface area contributed by atoms with Gasteiger partial charge in [0.2, 0.25) is 21.8 Å². The minimum absolute atomic E-state index is 0.0904. The molecule has 1 N–H and O–H groups in total. The first-order valence-corrected chi connectivity index (χ1v) is 12.2. The number of rotatable bonds is 6. The van der Waals surface area contributed by atoms with E-state index in [1.165, 1.54) is 4.31 Å². The Morgan fingerprint density at radius 1 is 0.844 bits per heavy atom. The van der Waals surface area contributed by atoms with E-state index >= 15 is 0 Å². The van der Waals surface area contributed by atoms with Gasteiger partial charge < -0.3 is 10.2 Å². The summed E-state index contributed by atoms with van der Waals surface area (Å²) < 4.78 is 27.5. The average molecular weight is 458 g/mol. The monoisotopic (exact) mass is 457 g/mol. The van der Waals surface area contributed by atoms with Crippen LogP contribution in [0, 0.1) is 27.7 Å². The third-order valence-corrected chi connectivity index (χ3v) is 7.82. The second-order valence-electron chi connectivity index (χ2n) is 8.42. The Balaban J connectivity index is 1.52. The summed E-state index contributed by atoms with van der Waals surface area (Å²) in [5, 5.41) is 2.85. The molecular weight excluding hydrogens is 426 g/mol. The maximum absolute atomic E-state index is 13.0.